The first-order valence-electron chi connectivity index (χ1n) is 8.83. The van der Waals surface area contributed by atoms with Gasteiger partial charge in [-0.15, -0.1) is 11.3 Å². The molecule has 0 radical (unpaired) electrons. The third kappa shape index (κ3) is 2.86. The lowest BCUT2D eigenvalue weighted by Crippen LogP contribution is -2.33. The number of hydrogen-bond donors (Lipinski definition) is 0. The Morgan fingerprint density at radius 2 is 1.79 bits per heavy atom. The molecule has 2 aliphatic heterocycles. The molecule has 0 unspecified atom stereocenters. The van der Waals surface area contributed by atoms with Crippen molar-refractivity contribution in [2.45, 2.75) is 24.9 Å². The molecule has 0 spiro atoms. The molecule has 0 amide bonds. The molecule has 3 nitrogen and oxygen atoms in total. The summed E-state index contributed by atoms with van der Waals surface area (Å²) in [5, 5.41) is 8.68. The van der Waals surface area contributed by atoms with Crippen molar-refractivity contribution in [3.63, 3.8) is 0 Å². The standard InChI is InChI=1S/C21H15F3N2OS/c22-21(23,24)14-9-7-13(8-10-14)20-26-17(15-4-1-2-5-18(15)27-20)12-16(25-26)19-6-3-11-28-19/h1-11,17,20H,12H2/t17-,20+/m1/s1. The van der Waals surface area contributed by atoms with E-state index in [1.807, 2.05) is 46.8 Å². The van der Waals surface area contributed by atoms with Gasteiger partial charge in [0.1, 0.15) is 5.75 Å². The highest BCUT2D eigenvalue weighted by Gasteiger charge is 2.41. The second-order valence-corrected chi connectivity index (χ2v) is 7.70. The van der Waals surface area contributed by atoms with Crippen LogP contribution >= 0.6 is 11.3 Å². The zero-order chi connectivity index (χ0) is 19.3. The van der Waals surface area contributed by atoms with Crippen LogP contribution in [0.1, 0.15) is 40.3 Å². The molecule has 142 valence electrons. The van der Waals surface area contributed by atoms with Crippen LogP contribution in [0.3, 0.4) is 0 Å². The maximum Gasteiger partial charge on any atom is 0.416 e. The number of ether oxygens (including phenoxy) is 1. The Balaban J connectivity index is 1.56. The molecule has 0 saturated carbocycles. The predicted molar refractivity (Wildman–Crippen MR) is 101 cm³/mol. The first-order chi connectivity index (χ1) is 13.5. The molecule has 0 bridgehead atoms. The van der Waals surface area contributed by atoms with Gasteiger partial charge in [0.25, 0.3) is 0 Å². The second kappa shape index (κ2) is 6.38. The van der Waals surface area contributed by atoms with E-state index in [1.54, 1.807) is 11.3 Å². The Morgan fingerprint density at radius 3 is 2.50 bits per heavy atom. The molecule has 0 aliphatic carbocycles. The van der Waals surface area contributed by atoms with E-state index < -0.39 is 18.0 Å². The highest BCUT2D eigenvalue weighted by atomic mass is 32.1. The van der Waals surface area contributed by atoms with Crippen molar-refractivity contribution in [2.75, 3.05) is 0 Å². The van der Waals surface area contributed by atoms with Crippen LogP contribution in [0.5, 0.6) is 5.75 Å². The van der Waals surface area contributed by atoms with E-state index in [0.29, 0.717) is 5.56 Å². The van der Waals surface area contributed by atoms with Gasteiger partial charge in [0.15, 0.2) is 0 Å². The van der Waals surface area contributed by atoms with Crippen LogP contribution in [0.2, 0.25) is 0 Å². The molecule has 1 aromatic heterocycles. The summed E-state index contributed by atoms with van der Waals surface area (Å²) in [6, 6.07) is 16.9. The van der Waals surface area contributed by atoms with E-state index in [1.165, 1.54) is 12.1 Å². The van der Waals surface area contributed by atoms with Gasteiger partial charge in [0, 0.05) is 17.5 Å². The fourth-order valence-electron chi connectivity index (χ4n) is 3.68. The van der Waals surface area contributed by atoms with E-state index in [2.05, 4.69) is 0 Å². The van der Waals surface area contributed by atoms with Gasteiger partial charge in [-0.1, -0.05) is 36.4 Å². The van der Waals surface area contributed by atoms with E-state index in [4.69, 9.17) is 9.84 Å². The van der Waals surface area contributed by atoms with Gasteiger partial charge in [-0.3, -0.25) is 0 Å². The maximum absolute atomic E-state index is 12.9. The lowest BCUT2D eigenvalue weighted by molar-refractivity contribution is -0.137. The van der Waals surface area contributed by atoms with Gasteiger partial charge in [-0.2, -0.15) is 18.3 Å². The van der Waals surface area contributed by atoms with Crippen molar-refractivity contribution in [3.8, 4) is 5.75 Å². The number of rotatable bonds is 2. The monoisotopic (exact) mass is 400 g/mol. The van der Waals surface area contributed by atoms with Gasteiger partial charge >= 0.3 is 6.18 Å². The molecule has 3 heterocycles. The van der Waals surface area contributed by atoms with Gasteiger partial charge in [0.05, 0.1) is 22.2 Å². The van der Waals surface area contributed by atoms with Gasteiger partial charge in [-0.25, -0.2) is 5.01 Å². The third-order valence-electron chi connectivity index (χ3n) is 5.03. The highest BCUT2D eigenvalue weighted by molar-refractivity contribution is 7.12. The molecule has 5 rings (SSSR count). The van der Waals surface area contributed by atoms with Crippen molar-refractivity contribution in [2.24, 2.45) is 5.10 Å². The first kappa shape index (κ1) is 17.3. The Morgan fingerprint density at radius 1 is 1.00 bits per heavy atom. The number of benzene rings is 2. The number of para-hydroxylation sites is 1. The molecule has 2 atom stereocenters. The Labute approximate surface area is 163 Å². The van der Waals surface area contributed by atoms with Crippen LogP contribution in [-0.4, -0.2) is 10.7 Å². The summed E-state index contributed by atoms with van der Waals surface area (Å²) >= 11 is 1.63. The summed E-state index contributed by atoms with van der Waals surface area (Å²) in [7, 11) is 0. The predicted octanol–water partition coefficient (Wildman–Crippen LogP) is 6.01. The van der Waals surface area contributed by atoms with Crippen molar-refractivity contribution in [1.82, 2.24) is 5.01 Å². The normalized spacial score (nSPS) is 21.0. The highest BCUT2D eigenvalue weighted by Crippen LogP contribution is 2.47. The van der Waals surface area contributed by atoms with E-state index in [-0.39, 0.29) is 6.04 Å². The average Bonchev–Trinajstić information content (AvgIpc) is 3.36. The number of nitrogens with zero attached hydrogens (tertiary/aromatic N) is 2. The lowest BCUT2D eigenvalue weighted by atomic mass is 9.97. The molecule has 2 aliphatic rings. The van der Waals surface area contributed by atoms with Crippen molar-refractivity contribution in [1.29, 1.82) is 0 Å². The number of fused-ring (bicyclic) bond motifs is 3. The number of halogens is 3. The molecule has 0 fully saturated rings. The smallest absolute Gasteiger partial charge is 0.416 e. The number of alkyl halides is 3. The topological polar surface area (TPSA) is 24.8 Å². The quantitative estimate of drug-likeness (QED) is 0.526. The summed E-state index contributed by atoms with van der Waals surface area (Å²) < 4.78 is 44.9. The zero-order valence-corrected chi connectivity index (χ0v) is 15.4. The van der Waals surface area contributed by atoms with E-state index >= 15 is 0 Å². The van der Waals surface area contributed by atoms with Crippen LogP contribution in [-0.2, 0) is 6.18 Å². The fraction of sp³-hybridized carbons (Fsp3) is 0.190. The second-order valence-electron chi connectivity index (χ2n) is 6.75. The zero-order valence-electron chi connectivity index (χ0n) is 14.6. The SMILES string of the molecule is FC(F)(F)c1ccc([C@@H]2Oc3ccccc3[C@H]3CC(c4cccs4)=NN32)cc1. The minimum absolute atomic E-state index is 0.00524. The largest absolute Gasteiger partial charge is 0.464 e. The van der Waals surface area contributed by atoms with Crippen LogP contribution in [0.25, 0.3) is 0 Å². The molecular weight excluding hydrogens is 385 g/mol. The number of hydrogen-bond acceptors (Lipinski definition) is 4. The Hall–Kier alpha value is -2.80. The van der Waals surface area contributed by atoms with Crippen LogP contribution in [0.4, 0.5) is 13.2 Å². The van der Waals surface area contributed by atoms with Crippen molar-refractivity contribution in [3.05, 3.63) is 87.6 Å². The minimum Gasteiger partial charge on any atom is -0.464 e. The first-order valence-corrected chi connectivity index (χ1v) is 9.71. The number of hydrazone groups is 1. The van der Waals surface area contributed by atoms with E-state index in [9.17, 15) is 13.2 Å². The van der Waals surface area contributed by atoms with Gasteiger partial charge < -0.3 is 4.74 Å². The summed E-state index contributed by atoms with van der Waals surface area (Å²) in [4.78, 5) is 1.10. The third-order valence-corrected chi connectivity index (χ3v) is 5.95. The maximum atomic E-state index is 12.9. The van der Waals surface area contributed by atoms with Crippen LogP contribution in [0.15, 0.2) is 71.1 Å². The van der Waals surface area contributed by atoms with Crippen molar-refractivity contribution >= 4 is 17.0 Å². The summed E-state index contributed by atoms with van der Waals surface area (Å²) in [6.07, 6.45) is -4.20. The Bertz CT molecular complexity index is 1030. The average molecular weight is 400 g/mol. The summed E-state index contributed by atoms with van der Waals surface area (Å²) in [6.45, 7) is 0. The molecule has 2 aromatic carbocycles. The van der Waals surface area contributed by atoms with Gasteiger partial charge in [-0.05, 0) is 29.6 Å². The molecule has 0 saturated heterocycles. The van der Waals surface area contributed by atoms with Crippen molar-refractivity contribution < 1.29 is 17.9 Å². The van der Waals surface area contributed by atoms with Crippen LogP contribution in [0, 0.1) is 0 Å². The lowest BCUT2D eigenvalue weighted by Gasteiger charge is -2.38. The number of thiophene rings is 1. The van der Waals surface area contributed by atoms with E-state index in [0.717, 1.165) is 40.5 Å². The fourth-order valence-corrected chi connectivity index (χ4v) is 4.40. The minimum atomic E-state index is -4.36. The summed E-state index contributed by atoms with van der Waals surface area (Å²) in [5.74, 6) is 0.747. The molecule has 28 heavy (non-hydrogen) atoms. The van der Waals surface area contributed by atoms with Crippen LogP contribution < -0.4 is 4.74 Å². The Kier molecular flexibility index (Phi) is 3.94. The summed E-state index contributed by atoms with van der Waals surface area (Å²) in [5.41, 5.74) is 1.98. The van der Waals surface area contributed by atoms with Gasteiger partial charge in [0.2, 0.25) is 6.23 Å². The molecular formula is C21H15F3N2OS. The molecule has 7 heteroatoms. The molecule has 3 aromatic rings. The molecule has 0 N–H and O–H groups in total.